The van der Waals surface area contributed by atoms with Gasteiger partial charge in [0, 0.05) is 5.41 Å². The number of aliphatic hydroxyl groups is 2. The molecule has 1 saturated carbocycles. The SMILES string of the molecule is CC(C)(C)C1(C(O)O)CC1(C)C. The standard InChI is InChI=1S/C10H20O2/c1-8(2,3)10(7(11)12)6-9(10,4)5/h7,11-12H,6H2,1-5H3. The van der Waals surface area contributed by atoms with Crippen LogP contribution in [0.2, 0.25) is 0 Å². The van der Waals surface area contributed by atoms with Crippen LogP contribution in [0.25, 0.3) is 0 Å². The maximum absolute atomic E-state index is 9.37. The Hall–Kier alpha value is -0.0800. The van der Waals surface area contributed by atoms with Crippen molar-refractivity contribution in [3.05, 3.63) is 0 Å². The summed E-state index contributed by atoms with van der Waals surface area (Å²) in [7, 11) is 0. The summed E-state index contributed by atoms with van der Waals surface area (Å²) < 4.78 is 0. The van der Waals surface area contributed by atoms with Gasteiger partial charge in [-0.15, -0.1) is 0 Å². The molecule has 0 spiro atoms. The first kappa shape index (κ1) is 10.0. The topological polar surface area (TPSA) is 40.5 Å². The van der Waals surface area contributed by atoms with Gasteiger partial charge in [0.15, 0.2) is 6.29 Å². The van der Waals surface area contributed by atoms with E-state index in [1.807, 2.05) is 0 Å². The van der Waals surface area contributed by atoms with E-state index in [1.54, 1.807) is 0 Å². The molecule has 72 valence electrons. The van der Waals surface area contributed by atoms with Crippen molar-refractivity contribution in [2.45, 2.75) is 47.3 Å². The van der Waals surface area contributed by atoms with E-state index in [-0.39, 0.29) is 16.2 Å². The fraction of sp³-hybridized carbons (Fsp3) is 1.00. The van der Waals surface area contributed by atoms with Gasteiger partial charge in [0.25, 0.3) is 0 Å². The molecule has 0 heterocycles. The Kier molecular flexibility index (Phi) is 1.86. The van der Waals surface area contributed by atoms with Crippen molar-refractivity contribution in [2.75, 3.05) is 0 Å². The van der Waals surface area contributed by atoms with E-state index < -0.39 is 6.29 Å². The van der Waals surface area contributed by atoms with E-state index in [1.165, 1.54) is 0 Å². The van der Waals surface area contributed by atoms with Crippen LogP contribution in [0.15, 0.2) is 0 Å². The molecule has 0 aliphatic heterocycles. The number of aliphatic hydroxyl groups excluding tert-OH is 1. The zero-order valence-electron chi connectivity index (χ0n) is 8.68. The van der Waals surface area contributed by atoms with Crippen LogP contribution in [0, 0.1) is 16.2 Å². The third kappa shape index (κ3) is 1.01. The van der Waals surface area contributed by atoms with Crippen molar-refractivity contribution in [1.82, 2.24) is 0 Å². The summed E-state index contributed by atoms with van der Waals surface area (Å²) in [4.78, 5) is 0. The van der Waals surface area contributed by atoms with Crippen LogP contribution < -0.4 is 0 Å². The highest BCUT2D eigenvalue weighted by Gasteiger charge is 2.70. The average Bonchev–Trinajstić information content (AvgIpc) is 2.33. The number of hydrogen-bond donors (Lipinski definition) is 2. The second-order valence-electron chi connectivity index (χ2n) is 5.66. The fourth-order valence-corrected chi connectivity index (χ4v) is 2.76. The lowest BCUT2D eigenvalue weighted by Gasteiger charge is -2.35. The smallest absolute Gasteiger partial charge is 0.158 e. The predicted octanol–water partition coefficient (Wildman–Crippen LogP) is 1.76. The Morgan fingerprint density at radius 3 is 1.50 bits per heavy atom. The minimum Gasteiger partial charge on any atom is -0.368 e. The Morgan fingerprint density at radius 2 is 1.50 bits per heavy atom. The molecule has 0 aromatic rings. The second-order valence-corrected chi connectivity index (χ2v) is 5.66. The molecule has 2 N–H and O–H groups in total. The normalized spacial score (nSPS) is 34.0. The summed E-state index contributed by atoms with van der Waals surface area (Å²) in [5.74, 6) is 0. The van der Waals surface area contributed by atoms with Crippen molar-refractivity contribution in [2.24, 2.45) is 16.2 Å². The molecule has 1 aliphatic rings. The lowest BCUT2D eigenvalue weighted by atomic mass is 9.72. The first-order valence-corrected chi connectivity index (χ1v) is 4.51. The van der Waals surface area contributed by atoms with E-state index in [0.717, 1.165) is 6.42 Å². The van der Waals surface area contributed by atoms with Crippen LogP contribution in [-0.4, -0.2) is 16.5 Å². The zero-order valence-corrected chi connectivity index (χ0v) is 8.68. The lowest BCUT2D eigenvalue weighted by molar-refractivity contribution is -0.142. The Bertz CT molecular complexity index is 189. The highest BCUT2D eigenvalue weighted by atomic mass is 16.5. The maximum Gasteiger partial charge on any atom is 0.158 e. The fourth-order valence-electron chi connectivity index (χ4n) is 2.76. The Morgan fingerprint density at radius 1 is 1.17 bits per heavy atom. The second kappa shape index (κ2) is 2.24. The van der Waals surface area contributed by atoms with Crippen molar-refractivity contribution in [1.29, 1.82) is 0 Å². The lowest BCUT2D eigenvalue weighted by Crippen LogP contribution is -2.37. The summed E-state index contributed by atoms with van der Waals surface area (Å²) >= 11 is 0. The highest BCUT2D eigenvalue weighted by molar-refractivity contribution is 5.16. The largest absolute Gasteiger partial charge is 0.368 e. The molecule has 0 bridgehead atoms. The Labute approximate surface area is 74.6 Å². The molecule has 1 rings (SSSR count). The molecule has 1 unspecified atom stereocenters. The molecule has 2 nitrogen and oxygen atoms in total. The van der Waals surface area contributed by atoms with Crippen molar-refractivity contribution in [3.63, 3.8) is 0 Å². The first-order chi connectivity index (χ1) is 5.15. The summed E-state index contributed by atoms with van der Waals surface area (Å²) in [6.45, 7) is 10.4. The van der Waals surface area contributed by atoms with E-state index in [2.05, 4.69) is 34.6 Å². The van der Waals surface area contributed by atoms with Gasteiger partial charge in [-0.1, -0.05) is 34.6 Å². The van der Waals surface area contributed by atoms with Gasteiger partial charge in [0.05, 0.1) is 0 Å². The molecule has 0 aromatic carbocycles. The maximum atomic E-state index is 9.37. The van der Waals surface area contributed by atoms with Gasteiger partial charge in [-0.25, -0.2) is 0 Å². The van der Waals surface area contributed by atoms with Crippen molar-refractivity contribution in [3.8, 4) is 0 Å². The van der Waals surface area contributed by atoms with Crippen LogP contribution in [0.3, 0.4) is 0 Å². The van der Waals surface area contributed by atoms with Crippen LogP contribution in [-0.2, 0) is 0 Å². The third-order valence-electron chi connectivity index (χ3n) is 3.58. The predicted molar refractivity (Wildman–Crippen MR) is 48.5 cm³/mol. The first-order valence-electron chi connectivity index (χ1n) is 4.51. The van der Waals surface area contributed by atoms with Crippen LogP contribution in [0.4, 0.5) is 0 Å². The van der Waals surface area contributed by atoms with Gasteiger partial charge < -0.3 is 10.2 Å². The molecule has 1 aliphatic carbocycles. The molecule has 0 radical (unpaired) electrons. The quantitative estimate of drug-likeness (QED) is 0.592. The van der Waals surface area contributed by atoms with Gasteiger partial charge >= 0.3 is 0 Å². The molecular formula is C10H20O2. The van der Waals surface area contributed by atoms with Crippen molar-refractivity contribution < 1.29 is 10.2 Å². The zero-order chi connectivity index (χ0) is 9.78. The molecule has 0 aromatic heterocycles. The van der Waals surface area contributed by atoms with Gasteiger partial charge in [-0.3, -0.25) is 0 Å². The van der Waals surface area contributed by atoms with E-state index >= 15 is 0 Å². The number of hydrogen-bond acceptors (Lipinski definition) is 2. The van der Waals surface area contributed by atoms with Crippen LogP contribution >= 0.6 is 0 Å². The summed E-state index contributed by atoms with van der Waals surface area (Å²) in [5.41, 5.74) is -0.274. The average molecular weight is 172 g/mol. The molecule has 0 saturated heterocycles. The third-order valence-corrected chi connectivity index (χ3v) is 3.58. The van der Waals surface area contributed by atoms with Gasteiger partial charge in [0.2, 0.25) is 0 Å². The monoisotopic (exact) mass is 172 g/mol. The summed E-state index contributed by atoms with van der Waals surface area (Å²) in [6.07, 6.45) is -0.284. The Balaban J connectivity index is 2.95. The molecule has 1 fully saturated rings. The minimum atomic E-state index is -1.19. The molecule has 1 atom stereocenters. The van der Waals surface area contributed by atoms with Gasteiger partial charge in [-0.2, -0.15) is 0 Å². The molecule has 2 heteroatoms. The van der Waals surface area contributed by atoms with E-state index in [9.17, 15) is 10.2 Å². The summed E-state index contributed by atoms with van der Waals surface area (Å²) in [6, 6.07) is 0. The molecular weight excluding hydrogens is 152 g/mol. The van der Waals surface area contributed by atoms with Crippen molar-refractivity contribution >= 4 is 0 Å². The van der Waals surface area contributed by atoms with E-state index in [0.29, 0.717) is 0 Å². The number of rotatable bonds is 1. The van der Waals surface area contributed by atoms with Gasteiger partial charge in [0.1, 0.15) is 0 Å². The van der Waals surface area contributed by atoms with Crippen LogP contribution in [0.5, 0.6) is 0 Å². The van der Waals surface area contributed by atoms with Crippen LogP contribution in [0.1, 0.15) is 41.0 Å². The molecule has 0 amide bonds. The minimum absolute atomic E-state index is 0.0370. The highest BCUT2D eigenvalue weighted by Crippen LogP contribution is 2.72. The summed E-state index contributed by atoms with van der Waals surface area (Å²) in [5, 5.41) is 18.7. The molecule has 12 heavy (non-hydrogen) atoms. The van der Waals surface area contributed by atoms with E-state index in [4.69, 9.17) is 0 Å². The van der Waals surface area contributed by atoms with Gasteiger partial charge in [-0.05, 0) is 17.3 Å².